The highest BCUT2D eigenvalue weighted by Crippen LogP contribution is 2.30. The Morgan fingerprint density at radius 2 is 1.62 bits per heavy atom. The van der Waals surface area contributed by atoms with Gasteiger partial charge in [-0.1, -0.05) is 58.4 Å². The molecule has 8 nitrogen and oxygen atoms in total. The monoisotopic (exact) mass is 506 g/mol. The summed E-state index contributed by atoms with van der Waals surface area (Å²) >= 11 is 0. The summed E-state index contributed by atoms with van der Waals surface area (Å²) in [6.07, 6.45) is 0. The van der Waals surface area contributed by atoms with Crippen LogP contribution in [0.1, 0.15) is 56.2 Å². The van der Waals surface area contributed by atoms with E-state index in [0.717, 1.165) is 16.9 Å². The van der Waals surface area contributed by atoms with Crippen LogP contribution in [0.3, 0.4) is 0 Å². The highest BCUT2D eigenvalue weighted by atomic mass is 16.5. The molecule has 2 aromatic carbocycles. The van der Waals surface area contributed by atoms with Gasteiger partial charge in [0.1, 0.15) is 29.4 Å². The molecule has 3 rings (SSSR count). The predicted molar refractivity (Wildman–Crippen MR) is 146 cm³/mol. The van der Waals surface area contributed by atoms with Crippen molar-refractivity contribution in [2.45, 2.75) is 47.0 Å². The summed E-state index contributed by atoms with van der Waals surface area (Å²) < 4.78 is 12.6. The van der Waals surface area contributed by atoms with Crippen LogP contribution in [0.15, 0.2) is 48.5 Å². The first kappa shape index (κ1) is 27.8. The molecular weight excluding hydrogens is 468 g/mol. The molecule has 0 spiro atoms. The van der Waals surface area contributed by atoms with E-state index < -0.39 is 0 Å². The van der Waals surface area contributed by atoms with E-state index in [1.54, 1.807) is 22.9 Å². The van der Waals surface area contributed by atoms with Gasteiger partial charge in [0.2, 0.25) is 5.91 Å². The maximum Gasteiger partial charge on any atom is 0.261 e. The molecule has 0 aliphatic rings. The number of nitrogens with one attached hydrogen (secondary N) is 1. The molecule has 0 aliphatic carbocycles. The maximum atomic E-state index is 13.7. The van der Waals surface area contributed by atoms with Gasteiger partial charge in [0.25, 0.3) is 5.91 Å². The number of rotatable bonds is 9. The Kier molecular flexibility index (Phi) is 8.63. The second-order valence-corrected chi connectivity index (χ2v) is 10.6. The zero-order chi connectivity index (χ0) is 27.3. The summed E-state index contributed by atoms with van der Waals surface area (Å²) in [6.45, 7) is 12.5. The third-order valence-electron chi connectivity index (χ3n) is 5.87. The fraction of sp³-hybridized carbons (Fsp3) is 0.414. The van der Waals surface area contributed by atoms with Gasteiger partial charge in [-0.05, 0) is 37.1 Å². The van der Waals surface area contributed by atoms with Crippen LogP contribution in [0.2, 0.25) is 0 Å². The molecule has 1 heterocycles. The molecule has 3 aromatic rings. The minimum atomic E-state index is -0.333. The Hall–Kier alpha value is -3.81. The Labute approximate surface area is 219 Å². The van der Waals surface area contributed by atoms with Crippen molar-refractivity contribution in [3.05, 3.63) is 65.4 Å². The van der Waals surface area contributed by atoms with Gasteiger partial charge in [-0.15, -0.1) is 0 Å². The lowest BCUT2D eigenvalue weighted by atomic mass is 9.92. The molecule has 1 aromatic heterocycles. The van der Waals surface area contributed by atoms with E-state index in [9.17, 15) is 9.59 Å². The number of carbonyl (C=O) groups is 2. The summed E-state index contributed by atoms with van der Waals surface area (Å²) in [5.74, 6) is 0.822. The largest absolute Gasteiger partial charge is 0.496 e. The molecule has 0 aliphatic heterocycles. The molecule has 1 N–H and O–H groups in total. The number of anilines is 1. The van der Waals surface area contributed by atoms with Crippen LogP contribution in [0, 0.1) is 12.8 Å². The summed E-state index contributed by atoms with van der Waals surface area (Å²) in [4.78, 5) is 28.5. The number of methoxy groups -OCH3 is 2. The standard InChI is InChI=1S/C29H38N4O4/c1-19(2)17-32(28(35)27-22(36-7)10-9-11-23(27)37-8)18-26(34)30-25-16-24(29(4,5)6)31-33(25)21-14-12-20(3)13-15-21/h9-16,19H,17-18H2,1-8H3,(H,30,34). The molecule has 0 saturated heterocycles. The molecule has 198 valence electrons. The van der Waals surface area contributed by atoms with Crippen LogP contribution in [0.4, 0.5) is 5.82 Å². The van der Waals surface area contributed by atoms with Crippen LogP contribution in [0.25, 0.3) is 5.69 Å². The van der Waals surface area contributed by atoms with Crippen LogP contribution in [-0.4, -0.2) is 53.8 Å². The van der Waals surface area contributed by atoms with Gasteiger partial charge in [0.15, 0.2) is 0 Å². The third-order valence-corrected chi connectivity index (χ3v) is 5.87. The Balaban J connectivity index is 1.93. The molecular formula is C29H38N4O4. The molecule has 2 amide bonds. The van der Waals surface area contributed by atoms with E-state index in [1.165, 1.54) is 19.1 Å². The van der Waals surface area contributed by atoms with E-state index in [-0.39, 0.29) is 29.7 Å². The van der Waals surface area contributed by atoms with Crippen LogP contribution < -0.4 is 14.8 Å². The van der Waals surface area contributed by atoms with Crippen molar-refractivity contribution in [3.63, 3.8) is 0 Å². The van der Waals surface area contributed by atoms with Crippen molar-refractivity contribution in [2.24, 2.45) is 5.92 Å². The maximum absolute atomic E-state index is 13.7. The van der Waals surface area contributed by atoms with Gasteiger partial charge >= 0.3 is 0 Å². The molecule has 0 bridgehead atoms. The first-order valence-corrected chi connectivity index (χ1v) is 12.4. The van der Waals surface area contributed by atoms with Gasteiger partial charge in [0, 0.05) is 18.0 Å². The second-order valence-electron chi connectivity index (χ2n) is 10.6. The van der Waals surface area contributed by atoms with Crippen molar-refractivity contribution < 1.29 is 19.1 Å². The SMILES string of the molecule is COc1cccc(OC)c1C(=O)N(CC(=O)Nc1cc(C(C)(C)C)nn1-c1ccc(C)cc1)CC(C)C. The molecule has 0 unspecified atom stereocenters. The van der Waals surface area contributed by atoms with E-state index in [4.69, 9.17) is 14.6 Å². The van der Waals surface area contributed by atoms with Crippen molar-refractivity contribution in [1.82, 2.24) is 14.7 Å². The quantitative estimate of drug-likeness (QED) is 0.429. The fourth-order valence-corrected chi connectivity index (χ4v) is 3.96. The summed E-state index contributed by atoms with van der Waals surface area (Å²) in [5, 5.41) is 7.77. The number of amides is 2. The molecule has 0 atom stereocenters. The molecule has 0 saturated carbocycles. The number of carbonyl (C=O) groups excluding carboxylic acids is 2. The fourth-order valence-electron chi connectivity index (χ4n) is 3.96. The minimum Gasteiger partial charge on any atom is -0.496 e. The number of hydrogen-bond acceptors (Lipinski definition) is 5. The topological polar surface area (TPSA) is 85.7 Å². The van der Waals surface area contributed by atoms with Gasteiger partial charge in [-0.3, -0.25) is 9.59 Å². The second kappa shape index (κ2) is 11.5. The Bertz CT molecular complexity index is 1220. The molecule has 0 fully saturated rings. The number of benzene rings is 2. The molecule has 37 heavy (non-hydrogen) atoms. The van der Waals surface area contributed by atoms with Gasteiger partial charge in [-0.25, -0.2) is 4.68 Å². The normalized spacial score (nSPS) is 11.4. The summed E-state index contributed by atoms with van der Waals surface area (Å²) in [6, 6.07) is 15.0. The number of nitrogens with zero attached hydrogens (tertiary/aromatic N) is 3. The van der Waals surface area contributed by atoms with Crippen LogP contribution in [0.5, 0.6) is 11.5 Å². The van der Waals surface area contributed by atoms with E-state index in [0.29, 0.717) is 29.4 Å². The zero-order valence-corrected chi connectivity index (χ0v) is 23.1. The van der Waals surface area contributed by atoms with E-state index in [2.05, 4.69) is 26.1 Å². The highest BCUT2D eigenvalue weighted by Gasteiger charge is 2.27. The van der Waals surface area contributed by atoms with Gasteiger partial charge < -0.3 is 19.7 Å². The Morgan fingerprint density at radius 3 is 2.14 bits per heavy atom. The van der Waals surface area contributed by atoms with Gasteiger partial charge in [0.05, 0.1) is 25.6 Å². The van der Waals surface area contributed by atoms with Crippen LogP contribution in [-0.2, 0) is 10.2 Å². The lowest BCUT2D eigenvalue weighted by Gasteiger charge is -2.25. The third kappa shape index (κ3) is 6.70. The Morgan fingerprint density at radius 1 is 1.03 bits per heavy atom. The molecule has 0 radical (unpaired) electrons. The van der Waals surface area contributed by atoms with Crippen molar-refractivity contribution in [2.75, 3.05) is 32.6 Å². The van der Waals surface area contributed by atoms with Crippen molar-refractivity contribution >= 4 is 17.6 Å². The average molecular weight is 507 g/mol. The number of hydrogen-bond donors (Lipinski definition) is 1. The summed E-state index contributed by atoms with van der Waals surface area (Å²) in [7, 11) is 3.01. The predicted octanol–water partition coefficient (Wildman–Crippen LogP) is 5.23. The van der Waals surface area contributed by atoms with Crippen LogP contribution >= 0.6 is 0 Å². The summed E-state index contributed by atoms with van der Waals surface area (Å²) in [5.41, 5.74) is 2.89. The zero-order valence-electron chi connectivity index (χ0n) is 23.1. The number of aryl methyl sites for hydroxylation is 1. The lowest BCUT2D eigenvalue weighted by Crippen LogP contribution is -2.40. The smallest absolute Gasteiger partial charge is 0.261 e. The highest BCUT2D eigenvalue weighted by molar-refractivity contribution is 6.02. The lowest BCUT2D eigenvalue weighted by molar-refractivity contribution is -0.117. The first-order valence-electron chi connectivity index (χ1n) is 12.4. The van der Waals surface area contributed by atoms with Gasteiger partial charge in [-0.2, -0.15) is 5.10 Å². The first-order chi connectivity index (χ1) is 17.4. The van der Waals surface area contributed by atoms with E-state index >= 15 is 0 Å². The average Bonchev–Trinajstić information content (AvgIpc) is 3.27. The number of aromatic nitrogens is 2. The van der Waals surface area contributed by atoms with E-state index in [1.807, 2.05) is 51.1 Å². The van der Waals surface area contributed by atoms with Crippen molar-refractivity contribution in [3.8, 4) is 17.2 Å². The minimum absolute atomic E-state index is 0.137. The molecule has 8 heteroatoms. The number of ether oxygens (including phenoxy) is 2. The van der Waals surface area contributed by atoms with Crippen molar-refractivity contribution in [1.29, 1.82) is 0 Å².